The van der Waals surface area contributed by atoms with Crippen molar-refractivity contribution in [1.29, 1.82) is 0 Å². The minimum Gasteiger partial charge on any atom is -0.497 e. The smallest absolute Gasteiger partial charge is 0.330 e. The first-order chi connectivity index (χ1) is 11.0. The molecular weight excluding hydrogens is 312 g/mol. The van der Waals surface area contributed by atoms with Crippen LogP contribution in [0.3, 0.4) is 0 Å². The van der Waals surface area contributed by atoms with Crippen molar-refractivity contribution >= 4 is 11.9 Å². The van der Waals surface area contributed by atoms with Gasteiger partial charge in [-0.2, -0.15) is 0 Å². The number of ether oxygens (including phenoxy) is 2. The maximum atomic E-state index is 9.60. The zero-order valence-electron chi connectivity index (χ0n) is 14.3. The maximum Gasteiger partial charge on any atom is 0.330 e. The Labute approximate surface area is 143 Å². The lowest BCUT2D eigenvalue weighted by Gasteiger charge is -2.24. The van der Waals surface area contributed by atoms with E-state index in [1.807, 2.05) is 0 Å². The molecular formula is C18H26O6. The molecule has 0 aromatic rings. The number of aliphatic carboxylic acids is 2. The number of rotatable bonds is 9. The number of hydrogen-bond donors (Lipinski definition) is 2. The van der Waals surface area contributed by atoms with Gasteiger partial charge in [0.25, 0.3) is 0 Å². The number of carboxylic acid groups (broad SMARTS) is 2. The highest BCUT2D eigenvalue weighted by Crippen LogP contribution is 2.15. The fourth-order valence-electron chi connectivity index (χ4n) is 0.676. The van der Waals surface area contributed by atoms with Crippen LogP contribution in [0, 0.1) is 0 Å². The normalized spacial score (nSPS) is 8.58. The zero-order valence-corrected chi connectivity index (χ0v) is 14.3. The van der Waals surface area contributed by atoms with Crippen LogP contribution in [-0.2, 0) is 19.1 Å². The summed E-state index contributed by atoms with van der Waals surface area (Å²) in [6, 6.07) is 0. The second-order valence-electron chi connectivity index (χ2n) is 4.30. The van der Waals surface area contributed by atoms with Crippen molar-refractivity contribution in [3.8, 4) is 0 Å². The summed E-state index contributed by atoms with van der Waals surface area (Å²) >= 11 is 0. The van der Waals surface area contributed by atoms with Crippen LogP contribution in [0.4, 0.5) is 0 Å². The van der Waals surface area contributed by atoms with Gasteiger partial charge in [-0.3, -0.25) is 0 Å². The molecule has 0 saturated carbocycles. The molecule has 0 radical (unpaired) electrons. The standard InChI is InChI=1S/C10H14O2.2C4H6O2/c1-5-10(6-2,12-8-4)9-11-7-3;2*1-3(2)4(5)6/h5-8H,1-4,9H2;2*1H2,2H3,(H,5,6). The predicted octanol–water partition coefficient (Wildman–Crippen LogP) is 3.71. The van der Waals surface area contributed by atoms with Gasteiger partial charge in [0, 0.05) is 11.1 Å². The first kappa shape index (κ1) is 25.9. The van der Waals surface area contributed by atoms with Crippen molar-refractivity contribution in [2.75, 3.05) is 6.61 Å². The Morgan fingerprint density at radius 2 is 1.25 bits per heavy atom. The van der Waals surface area contributed by atoms with Gasteiger partial charge < -0.3 is 19.7 Å². The van der Waals surface area contributed by atoms with Crippen molar-refractivity contribution in [3.05, 3.63) is 75.3 Å². The summed E-state index contributed by atoms with van der Waals surface area (Å²) in [5.74, 6) is -1.87. The first-order valence-corrected chi connectivity index (χ1v) is 6.59. The van der Waals surface area contributed by atoms with Gasteiger partial charge in [-0.05, 0) is 26.0 Å². The van der Waals surface area contributed by atoms with Gasteiger partial charge in [-0.15, -0.1) is 0 Å². The molecule has 0 atom stereocenters. The predicted molar refractivity (Wildman–Crippen MR) is 95.5 cm³/mol. The molecule has 6 heteroatoms. The molecule has 0 bridgehead atoms. The summed E-state index contributed by atoms with van der Waals surface area (Å²) in [6.45, 7) is 23.6. The molecule has 0 fully saturated rings. The summed E-state index contributed by atoms with van der Waals surface area (Å²) in [7, 11) is 0. The van der Waals surface area contributed by atoms with Crippen LogP contribution >= 0.6 is 0 Å². The molecule has 0 aromatic heterocycles. The lowest BCUT2D eigenvalue weighted by Crippen LogP contribution is -2.30. The Morgan fingerprint density at radius 1 is 0.917 bits per heavy atom. The highest BCUT2D eigenvalue weighted by Gasteiger charge is 2.23. The van der Waals surface area contributed by atoms with Crippen LogP contribution in [0.15, 0.2) is 75.3 Å². The van der Waals surface area contributed by atoms with E-state index >= 15 is 0 Å². The van der Waals surface area contributed by atoms with Crippen LogP contribution in [-0.4, -0.2) is 34.4 Å². The zero-order chi connectivity index (χ0) is 19.8. The van der Waals surface area contributed by atoms with Crippen LogP contribution in [0.2, 0.25) is 0 Å². The van der Waals surface area contributed by atoms with Gasteiger partial charge in [0.05, 0.1) is 12.5 Å². The van der Waals surface area contributed by atoms with Crippen LogP contribution in [0.5, 0.6) is 0 Å². The van der Waals surface area contributed by atoms with Crippen LogP contribution < -0.4 is 0 Å². The summed E-state index contributed by atoms with van der Waals surface area (Å²) < 4.78 is 10.2. The maximum absolute atomic E-state index is 9.60. The molecule has 0 rings (SSSR count). The van der Waals surface area contributed by atoms with E-state index in [4.69, 9.17) is 19.7 Å². The third-order valence-corrected chi connectivity index (χ3v) is 2.15. The highest BCUT2D eigenvalue weighted by atomic mass is 16.5. The molecule has 0 aliphatic heterocycles. The van der Waals surface area contributed by atoms with E-state index in [0.29, 0.717) is 6.61 Å². The lowest BCUT2D eigenvalue weighted by molar-refractivity contribution is -0.133. The van der Waals surface area contributed by atoms with Crippen molar-refractivity contribution in [3.63, 3.8) is 0 Å². The third-order valence-electron chi connectivity index (χ3n) is 2.15. The average molecular weight is 338 g/mol. The second-order valence-corrected chi connectivity index (χ2v) is 4.30. The van der Waals surface area contributed by atoms with E-state index in [1.54, 1.807) is 12.2 Å². The van der Waals surface area contributed by atoms with E-state index in [1.165, 1.54) is 26.4 Å². The van der Waals surface area contributed by atoms with Crippen molar-refractivity contribution in [2.24, 2.45) is 0 Å². The first-order valence-electron chi connectivity index (χ1n) is 6.59. The van der Waals surface area contributed by atoms with Gasteiger partial charge >= 0.3 is 11.9 Å². The fraction of sp³-hybridized carbons (Fsp3) is 0.222. The van der Waals surface area contributed by atoms with Crippen molar-refractivity contribution in [1.82, 2.24) is 0 Å². The van der Waals surface area contributed by atoms with Gasteiger partial charge in [-0.1, -0.05) is 39.5 Å². The van der Waals surface area contributed by atoms with E-state index in [9.17, 15) is 9.59 Å². The Morgan fingerprint density at radius 3 is 1.42 bits per heavy atom. The molecule has 0 aliphatic carbocycles. The topological polar surface area (TPSA) is 93.1 Å². The van der Waals surface area contributed by atoms with Crippen molar-refractivity contribution in [2.45, 2.75) is 19.4 Å². The molecule has 0 amide bonds. The SMILES string of the molecule is C=C(C)C(=O)O.C=C(C)C(=O)O.C=COCC(C=C)(C=C)OC=C. The minimum atomic E-state index is -0.935. The highest BCUT2D eigenvalue weighted by molar-refractivity contribution is 5.85. The molecule has 6 nitrogen and oxygen atoms in total. The van der Waals surface area contributed by atoms with Crippen LogP contribution in [0.1, 0.15) is 13.8 Å². The molecule has 0 saturated heterocycles. The van der Waals surface area contributed by atoms with Gasteiger partial charge in [0.15, 0.2) is 5.60 Å². The monoisotopic (exact) mass is 338 g/mol. The summed E-state index contributed by atoms with van der Waals surface area (Å²) in [5.41, 5.74) is -0.347. The average Bonchev–Trinajstić information content (AvgIpc) is 2.52. The second kappa shape index (κ2) is 14.9. The molecule has 0 aromatic carbocycles. The van der Waals surface area contributed by atoms with Gasteiger partial charge in [0.1, 0.15) is 6.61 Å². The fourth-order valence-corrected chi connectivity index (χ4v) is 0.676. The molecule has 0 aliphatic rings. The third kappa shape index (κ3) is 15.4. The largest absolute Gasteiger partial charge is 0.497 e. The summed E-state index contributed by atoms with van der Waals surface area (Å²) in [5, 5.41) is 15.8. The molecule has 134 valence electrons. The summed E-state index contributed by atoms with van der Waals surface area (Å²) in [6.07, 6.45) is 5.88. The Bertz CT molecular complexity index is 432. The van der Waals surface area contributed by atoms with Crippen molar-refractivity contribution < 1.29 is 29.3 Å². The number of carboxylic acids is 2. The molecule has 0 unspecified atom stereocenters. The Balaban J connectivity index is -0.000000309. The number of hydrogen-bond acceptors (Lipinski definition) is 4. The van der Waals surface area contributed by atoms with Gasteiger partial charge in [-0.25, -0.2) is 9.59 Å². The quantitative estimate of drug-likeness (QED) is 0.378. The molecule has 0 spiro atoms. The van der Waals surface area contributed by atoms with E-state index < -0.39 is 17.5 Å². The van der Waals surface area contributed by atoms with E-state index in [-0.39, 0.29) is 11.1 Å². The minimum absolute atomic E-state index is 0.176. The number of carbonyl (C=O) groups is 2. The Hall–Kier alpha value is -3.02. The molecule has 24 heavy (non-hydrogen) atoms. The molecule has 2 N–H and O–H groups in total. The summed E-state index contributed by atoms with van der Waals surface area (Å²) in [4.78, 5) is 19.2. The van der Waals surface area contributed by atoms with Crippen LogP contribution in [0.25, 0.3) is 0 Å². The lowest BCUT2D eigenvalue weighted by atomic mass is 10.1. The molecule has 0 heterocycles. The Kier molecular flexibility index (Phi) is 16.1. The van der Waals surface area contributed by atoms with Gasteiger partial charge in [0.2, 0.25) is 0 Å². The van der Waals surface area contributed by atoms with E-state index in [0.717, 1.165) is 0 Å². The van der Waals surface area contributed by atoms with E-state index in [2.05, 4.69) is 39.5 Å².